The van der Waals surface area contributed by atoms with Crippen LogP contribution in [0.15, 0.2) is 72.9 Å². The van der Waals surface area contributed by atoms with E-state index in [1.165, 1.54) is 205 Å². The number of allylic oxidation sites excluding steroid dienone is 12. The van der Waals surface area contributed by atoms with Crippen LogP contribution in [0.25, 0.3) is 0 Å². The summed E-state index contributed by atoms with van der Waals surface area (Å²) in [6.45, 7) is 6.53. The summed E-state index contributed by atoms with van der Waals surface area (Å²) < 4.78 is 16.9. The van der Waals surface area contributed by atoms with Crippen LogP contribution in [0.4, 0.5) is 0 Å². The van der Waals surface area contributed by atoms with Crippen molar-refractivity contribution in [3.05, 3.63) is 72.9 Å². The molecule has 0 heterocycles. The molecular weight excluding hydrogens is 949 g/mol. The smallest absolute Gasteiger partial charge is 0.306 e. The van der Waals surface area contributed by atoms with Crippen molar-refractivity contribution in [3.63, 3.8) is 0 Å². The Morgan fingerprint density at radius 3 is 0.818 bits per heavy atom. The van der Waals surface area contributed by atoms with Crippen molar-refractivity contribution in [1.82, 2.24) is 0 Å². The zero-order chi connectivity index (χ0) is 55.7. The summed E-state index contributed by atoms with van der Waals surface area (Å²) in [5.74, 6) is -0.864. The predicted octanol–water partition coefficient (Wildman–Crippen LogP) is 22.9. The lowest BCUT2D eigenvalue weighted by molar-refractivity contribution is -0.167. The third-order valence-electron chi connectivity index (χ3n) is 14.7. The standard InChI is InChI=1S/C71H126O6/c1-4-7-10-13-16-19-22-24-25-26-27-28-29-30-31-32-33-34-35-36-37-38-39-40-41-42-43-44-45-47-49-52-55-58-61-64-70(73)76-67-68(66-75-69(72)63-60-57-54-51-48-21-18-15-12-9-6-3)77-71(74)65-62-59-56-53-50-46-23-20-17-14-11-8-5-2/h7,10,16,19-20,23-25,27-28,30-31,68H,4-6,8-9,11-15,17-18,21-22,26,29,32-67H2,1-3H3/b10-7-,19-16-,23-20-,25-24-,28-27-,31-30-. The van der Waals surface area contributed by atoms with Gasteiger partial charge in [-0.25, -0.2) is 0 Å². The van der Waals surface area contributed by atoms with Gasteiger partial charge in [0, 0.05) is 19.3 Å². The molecule has 0 aliphatic heterocycles. The average molecular weight is 1080 g/mol. The Kier molecular flexibility index (Phi) is 62.7. The van der Waals surface area contributed by atoms with Gasteiger partial charge in [0.25, 0.3) is 0 Å². The van der Waals surface area contributed by atoms with E-state index in [0.717, 1.165) is 96.3 Å². The van der Waals surface area contributed by atoms with Crippen LogP contribution >= 0.6 is 0 Å². The molecule has 0 aliphatic rings. The van der Waals surface area contributed by atoms with E-state index in [4.69, 9.17) is 14.2 Å². The maximum absolute atomic E-state index is 12.8. The summed E-state index contributed by atoms with van der Waals surface area (Å²) in [5.41, 5.74) is 0. The zero-order valence-corrected chi connectivity index (χ0v) is 51.2. The molecule has 77 heavy (non-hydrogen) atoms. The van der Waals surface area contributed by atoms with Gasteiger partial charge >= 0.3 is 17.9 Å². The maximum atomic E-state index is 12.8. The summed E-state index contributed by atoms with van der Waals surface area (Å²) in [6.07, 6.45) is 85.1. The molecule has 0 saturated heterocycles. The number of esters is 3. The molecule has 1 unspecified atom stereocenters. The monoisotopic (exact) mass is 1070 g/mol. The highest BCUT2D eigenvalue weighted by Gasteiger charge is 2.19. The van der Waals surface area contributed by atoms with Crippen LogP contribution in [0.1, 0.15) is 342 Å². The molecule has 6 heteroatoms. The molecule has 1 atom stereocenters. The molecule has 0 bridgehead atoms. The molecule has 0 saturated carbocycles. The highest BCUT2D eigenvalue weighted by molar-refractivity contribution is 5.71. The molecule has 0 rings (SSSR count). The highest BCUT2D eigenvalue weighted by Crippen LogP contribution is 2.17. The van der Waals surface area contributed by atoms with Gasteiger partial charge in [-0.05, 0) is 89.9 Å². The third kappa shape index (κ3) is 63.6. The van der Waals surface area contributed by atoms with Gasteiger partial charge in [-0.2, -0.15) is 0 Å². The topological polar surface area (TPSA) is 78.9 Å². The summed E-state index contributed by atoms with van der Waals surface area (Å²) in [5, 5.41) is 0. The first kappa shape index (κ1) is 73.8. The first-order valence-corrected chi connectivity index (χ1v) is 33.4. The van der Waals surface area contributed by atoms with Gasteiger partial charge in [0.05, 0.1) is 0 Å². The van der Waals surface area contributed by atoms with E-state index in [1.807, 2.05) is 0 Å². The van der Waals surface area contributed by atoms with Crippen molar-refractivity contribution >= 4 is 17.9 Å². The number of unbranched alkanes of at least 4 members (excludes halogenated alkanes) is 38. The predicted molar refractivity (Wildman–Crippen MR) is 335 cm³/mol. The van der Waals surface area contributed by atoms with Gasteiger partial charge < -0.3 is 14.2 Å². The Morgan fingerprint density at radius 1 is 0.273 bits per heavy atom. The number of hydrogen-bond acceptors (Lipinski definition) is 6. The van der Waals surface area contributed by atoms with Crippen LogP contribution in [-0.2, 0) is 28.6 Å². The number of ether oxygens (including phenoxy) is 3. The molecule has 446 valence electrons. The molecule has 0 aromatic heterocycles. The van der Waals surface area contributed by atoms with Gasteiger partial charge in [0.15, 0.2) is 6.10 Å². The Morgan fingerprint density at radius 2 is 0.506 bits per heavy atom. The Labute approximate surface area is 478 Å². The fraction of sp³-hybridized carbons (Fsp3) is 0.789. The van der Waals surface area contributed by atoms with Crippen LogP contribution in [0, 0.1) is 0 Å². The van der Waals surface area contributed by atoms with E-state index in [2.05, 4.69) is 93.7 Å². The molecule has 0 aliphatic carbocycles. The highest BCUT2D eigenvalue weighted by atomic mass is 16.6. The van der Waals surface area contributed by atoms with E-state index in [9.17, 15) is 14.4 Å². The molecule has 0 radical (unpaired) electrons. The number of carbonyl (C=O) groups excluding carboxylic acids is 3. The van der Waals surface area contributed by atoms with Crippen molar-refractivity contribution in [1.29, 1.82) is 0 Å². The minimum Gasteiger partial charge on any atom is -0.462 e. The second-order valence-electron chi connectivity index (χ2n) is 22.4. The van der Waals surface area contributed by atoms with Crippen molar-refractivity contribution in [2.45, 2.75) is 348 Å². The molecule has 0 N–H and O–H groups in total. The lowest BCUT2D eigenvalue weighted by atomic mass is 10.0. The van der Waals surface area contributed by atoms with Gasteiger partial charge in [-0.3, -0.25) is 14.4 Å². The first-order chi connectivity index (χ1) is 38.0. The van der Waals surface area contributed by atoms with Crippen LogP contribution in [0.3, 0.4) is 0 Å². The van der Waals surface area contributed by atoms with Crippen molar-refractivity contribution < 1.29 is 28.6 Å². The lowest BCUT2D eigenvalue weighted by Crippen LogP contribution is -2.30. The number of hydrogen-bond donors (Lipinski definition) is 0. The summed E-state index contributed by atoms with van der Waals surface area (Å²) >= 11 is 0. The largest absolute Gasteiger partial charge is 0.462 e. The number of carbonyl (C=O) groups is 3. The van der Waals surface area contributed by atoms with Gasteiger partial charge in [0.1, 0.15) is 13.2 Å². The third-order valence-corrected chi connectivity index (χ3v) is 14.7. The zero-order valence-electron chi connectivity index (χ0n) is 51.2. The number of rotatable bonds is 61. The van der Waals surface area contributed by atoms with Crippen LogP contribution in [0.2, 0.25) is 0 Å². The second-order valence-corrected chi connectivity index (χ2v) is 22.4. The minimum absolute atomic E-state index is 0.0724. The van der Waals surface area contributed by atoms with Crippen LogP contribution < -0.4 is 0 Å². The Bertz CT molecular complexity index is 1420. The van der Waals surface area contributed by atoms with E-state index >= 15 is 0 Å². The van der Waals surface area contributed by atoms with Crippen molar-refractivity contribution in [3.8, 4) is 0 Å². The van der Waals surface area contributed by atoms with E-state index in [1.54, 1.807) is 0 Å². The fourth-order valence-electron chi connectivity index (χ4n) is 9.70. The molecule has 0 aromatic carbocycles. The SMILES string of the molecule is CC/C=C\C/C=C\C/C=C\C/C=C\C/C=C\CCCCCCCCCCCCCCCCCCCCCC(=O)OCC(COC(=O)CCCCCCCCCCCCC)OC(=O)CCCCCCC/C=C\CCCCCC. The lowest BCUT2D eigenvalue weighted by Gasteiger charge is -2.18. The maximum Gasteiger partial charge on any atom is 0.306 e. The molecule has 6 nitrogen and oxygen atoms in total. The van der Waals surface area contributed by atoms with Gasteiger partial charge in [-0.15, -0.1) is 0 Å². The molecule has 0 aromatic rings. The minimum atomic E-state index is -0.774. The van der Waals surface area contributed by atoms with Crippen LogP contribution in [0.5, 0.6) is 0 Å². The summed E-state index contributed by atoms with van der Waals surface area (Å²) in [7, 11) is 0. The van der Waals surface area contributed by atoms with Crippen molar-refractivity contribution in [2.75, 3.05) is 13.2 Å². The van der Waals surface area contributed by atoms with Gasteiger partial charge in [-0.1, -0.05) is 306 Å². The quantitative estimate of drug-likeness (QED) is 0.0261. The Balaban J connectivity index is 4.03. The molecule has 0 fully saturated rings. The summed E-state index contributed by atoms with van der Waals surface area (Å²) in [6, 6.07) is 0. The summed E-state index contributed by atoms with van der Waals surface area (Å²) in [4.78, 5) is 38.2. The second kappa shape index (κ2) is 65.4. The molecular formula is C71H126O6. The van der Waals surface area contributed by atoms with Crippen LogP contribution in [-0.4, -0.2) is 37.2 Å². The fourth-order valence-corrected chi connectivity index (χ4v) is 9.70. The first-order valence-electron chi connectivity index (χ1n) is 33.4. The van der Waals surface area contributed by atoms with Crippen molar-refractivity contribution in [2.24, 2.45) is 0 Å². The normalized spacial score (nSPS) is 12.5. The molecule has 0 amide bonds. The van der Waals surface area contributed by atoms with E-state index in [-0.39, 0.29) is 31.1 Å². The van der Waals surface area contributed by atoms with E-state index < -0.39 is 6.10 Å². The molecule has 0 spiro atoms. The van der Waals surface area contributed by atoms with E-state index in [0.29, 0.717) is 19.3 Å². The average Bonchev–Trinajstić information content (AvgIpc) is 3.43. The Hall–Kier alpha value is -3.15. The van der Waals surface area contributed by atoms with Gasteiger partial charge in [0.2, 0.25) is 0 Å².